The van der Waals surface area contributed by atoms with Crippen LogP contribution in [0.3, 0.4) is 0 Å². The highest BCUT2D eigenvalue weighted by Crippen LogP contribution is 2.22. The van der Waals surface area contributed by atoms with E-state index >= 15 is 0 Å². The van der Waals surface area contributed by atoms with Crippen LogP contribution >= 0.6 is 0 Å². The molecular weight excluding hydrogens is 321 g/mol. The van der Waals surface area contributed by atoms with Crippen molar-refractivity contribution in [1.29, 1.82) is 5.26 Å². The summed E-state index contributed by atoms with van der Waals surface area (Å²) in [6.45, 7) is 1.83. The summed E-state index contributed by atoms with van der Waals surface area (Å²) in [4.78, 5) is 13.0. The Morgan fingerprint density at radius 1 is 1.32 bits per heavy atom. The minimum absolute atomic E-state index is 0.211. The average Bonchev–Trinajstić information content (AvgIpc) is 3.05. The maximum absolute atomic E-state index is 13.6. The van der Waals surface area contributed by atoms with Gasteiger partial charge in [0.25, 0.3) is 0 Å². The normalized spacial score (nSPS) is 17.4. The number of halogens is 1. The molecule has 3 aromatic heterocycles. The second kappa shape index (κ2) is 6.45. The molecular formula is C17H16FN7. The number of hydrogen-bond acceptors (Lipinski definition) is 6. The Balaban J connectivity index is 1.73. The van der Waals surface area contributed by atoms with Gasteiger partial charge in [-0.05, 0) is 31.5 Å². The van der Waals surface area contributed by atoms with Crippen LogP contribution in [0.25, 0.3) is 17.2 Å². The number of imidazole rings is 1. The Labute approximate surface area is 143 Å². The highest BCUT2D eigenvalue weighted by Gasteiger charge is 2.17. The van der Waals surface area contributed by atoms with Crippen LogP contribution in [0.4, 0.5) is 10.2 Å². The van der Waals surface area contributed by atoms with Crippen LogP contribution < -0.4 is 10.6 Å². The summed E-state index contributed by atoms with van der Waals surface area (Å²) in [5, 5.41) is 16.0. The van der Waals surface area contributed by atoms with Gasteiger partial charge in [0.05, 0.1) is 12.4 Å². The molecule has 1 aliphatic heterocycles. The van der Waals surface area contributed by atoms with Crippen LogP contribution in [0.1, 0.15) is 18.4 Å². The molecule has 0 aliphatic carbocycles. The predicted octanol–water partition coefficient (Wildman–Crippen LogP) is 1.97. The van der Waals surface area contributed by atoms with E-state index in [9.17, 15) is 9.65 Å². The molecule has 3 aromatic rings. The van der Waals surface area contributed by atoms with Crippen molar-refractivity contribution in [3.8, 4) is 17.6 Å². The lowest BCUT2D eigenvalue weighted by molar-refractivity contribution is 0.479. The van der Waals surface area contributed by atoms with Gasteiger partial charge in [0.2, 0.25) is 0 Å². The van der Waals surface area contributed by atoms with Gasteiger partial charge in [-0.2, -0.15) is 5.26 Å². The van der Waals surface area contributed by atoms with Crippen LogP contribution in [0.2, 0.25) is 0 Å². The predicted molar refractivity (Wildman–Crippen MR) is 90.4 cm³/mol. The third kappa shape index (κ3) is 3.02. The Morgan fingerprint density at radius 3 is 3.04 bits per heavy atom. The number of hydrogen-bond donors (Lipinski definition) is 2. The van der Waals surface area contributed by atoms with Gasteiger partial charge in [-0.15, -0.1) is 0 Å². The van der Waals surface area contributed by atoms with E-state index in [0.29, 0.717) is 28.5 Å². The summed E-state index contributed by atoms with van der Waals surface area (Å²) in [7, 11) is 0. The van der Waals surface area contributed by atoms with E-state index in [1.165, 1.54) is 18.5 Å². The average molecular weight is 337 g/mol. The fraction of sp³-hybridized carbons (Fsp3) is 0.294. The molecule has 0 bridgehead atoms. The first-order chi connectivity index (χ1) is 12.2. The number of fused-ring (bicyclic) bond motifs is 1. The molecule has 4 rings (SSSR count). The first-order valence-corrected chi connectivity index (χ1v) is 8.12. The van der Waals surface area contributed by atoms with Crippen molar-refractivity contribution in [2.75, 3.05) is 18.4 Å². The zero-order chi connectivity index (χ0) is 17.2. The fourth-order valence-electron chi connectivity index (χ4n) is 2.99. The molecule has 0 aromatic carbocycles. The van der Waals surface area contributed by atoms with Crippen molar-refractivity contribution in [3.63, 3.8) is 0 Å². The number of nitrogens with one attached hydrogen (secondary N) is 2. The van der Waals surface area contributed by atoms with Crippen molar-refractivity contribution in [1.82, 2.24) is 24.7 Å². The summed E-state index contributed by atoms with van der Waals surface area (Å²) in [6, 6.07) is 5.27. The Hall–Kier alpha value is -3.05. The van der Waals surface area contributed by atoms with Gasteiger partial charge in [-0.1, -0.05) is 0 Å². The molecule has 1 saturated heterocycles. The first kappa shape index (κ1) is 15.5. The van der Waals surface area contributed by atoms with Crippen LogP contribution in [0.5, 0.6) is 0 Å². The number of pyridine rings is 1. The van der Waals surface area contributed by atoms with Gasteiger partial charge < -0.3 is 10.6 Å². The molecule has 0 spiro atoms. The molecule has 126 valence electrons. The molecule has 25 heavy (non-hydrogen) atoms. The Kier molecular flexibility index (Phi) is 3.99. The third-order valence-electron chi connectivity index (χ3n) is 4.25. The number of nitriles is 1. The van der Waals surface area contributed by atoms with E-state index in [1.807, 2.05) is 0 Å². The number of rotatable bonds is 3. The molecule has 4 heterocycles. The van der Waals surface area contributed by atoms with Gasteiger partial charge in [-0.25, -0.2) is 19.3 Å². The molecule has 0 radical (unpaired) electrons. The molecule has 1 unspecified atom stereocenters. The molecule has 2 N–H and O–H groups in total. The summed E-state index contributed by atoms with van der Waals surface area (Å²) in [5.74, 6) is 0.517. The van der Waals surface area contributed by atoms with Gasteiger partial charge in [0, 0.05) is 18.8 Å². The molecule has 1 fully saturated rings. The van der Waals surface area contributed by atoms with Crippen LogP contribution in [0, 0.1) is 17.1 Å². The van der Waals surface area contributed by atoms with E-state index in [1.54, 1.807) is 16.7 Å². The molecule has 8 heteroatoms. The highest BCUT2D eigenvalue weighted by molar-refractivity contribution is 5.61. The molecule has 1 aliphatic rings. The van der Waals surface area contributed by atoms with Gasteiger partial charge in [0.1, 0.15) is 34.6 Å². The quantitative estimate of drug-likeness (QED) is 0.759. The van der Waals surface area contributed by atoms with Crippen molar-refractivity contribution >= 4 is 11.5 Å². The van der Waals surface area contributed by atoms with Gasteiger partial charge in [0.15, 0.2) is 5.82 Å². The van der Waals surface area contributed by atoms with Gasteiger partial charge >= 0.3 is 0 Å². The maximum atomic E-state index is 13.6. The summed E-state index contributed by atoms with van der Waals surface area (Å²) in [5.41, 5.74) is 1.56. The topological polar surface area (TPSA) is 90.9 Å². The van der Waals surface area contributed by atoms with E-state index < -0.39 is 0 Å². The van der Waals surface area contributed by atoms with Crippen LogP contribution in [0.15, 0.2) is 30.7 Å². The van der Waals surface area contributed by atoms with E-state index in [4.69, 9.17) is 0 Å². The minimum atomic E-state index is -0.368. The summed E-state index contributed by atoms with van der Waals surface area (Å²) in [6.07, 6.45) is 6.52. The lowest BCUT2D eigenvalue weighted by Gasteiger charge is -2.24. The largest absolute Gasteiger partial charge is 0.365 e. The number of piperidine rings is 1. The molecule has 1 atom stereocenters. The smallest absolute Gasteiger partial charge is 0.180 e. The number of aromatic nitrogens is 4. The van der Waals surface area contributed by atoms with Crippen molar-refractivity contribution in [3.05, 3.63) is 42.1 Å². The Morgan fingerprint density at radius 2 is 2.24 bits per heavy atom. The van der Waals surface area contributed by atoms with Gasteiger partial charge in [-0.3, -0.25) is 4.40 Å². The van der Waals surface area contributed by atoms with E-state index in [0.717, 1.165) is 25.9 Å². The fourth-order valence-corrected chi connectivity index (χ4v) is 2.99. The minimum Gasteiger partial charge on any atom is -0.365 e. The van der Waals surface area contributed by atoms with Crippen molar-refractivity contribution < 1.29 is 4.39 Å². The number of anilines is 1. The molecule has 0 amide bonds. The molecule has 7 nitrogen and oxygen atoms in total. The summed E-state index contributed by atoms with van der Waals surface area (Å²) >= 11 is 0. The second-order valence-electron chi connectivity index (χ2n) is 5.97. The van der Waals surface area contributed by atoms with Crippen molar-refractivity contribution in [2.45, 2.75) is 18.9 Å². The standard InChI is InChI=1S/C17H16FN7/c18-12-3-4-15-21-9-14(25(15)10-12)17-22-7-11(6-19)16(24-17)23-13-2-1-5-20-8-13/h3-4,7,9-10,13,20H,1-2,5,8H2,(H,22,23,24). The van der Waals surface area contributed by atoms with E-state index in [-0.39, 0.29) is 11.9 Å². The maximum Gasteiger partial charge on any atom is 0.180 e. The highest BCUT2D eigenvalue weighted by atomic mass is 19.1. The van der Waals surface area contributed by atoms with E-state index in [2.05, 4.69) is 31.7 Å². The number of nitrogens with zero attached hydrogens (tertiary/aromatic N) is 5. The first-order valence-electron chi connectivity index (χ1n) is 8.12. The van der Waals surface area contributed by atoms with Crippen molar-refractivity contribution in [2.24, 2.45) is 0 Å². The lowest BCUT2D eigenvalue weighted by atomic mass is 10.1. The zero-order valence-corrected chi connectivity index (χ0v) is 13.4. The zero-order valence-electron chi connectivity index (χ0n) is 13.4. The van der Waals surface area contributed by atoms with Crippen LogP contribution in [-0.4, -0.2) is 38.5 Å². The SMILES string of the molecule is N#Cc1cnc(-c2cnc3ccc(F)cn23)nc1NC1CCCNC1. The monoisotopic (exact) mass is 337 g/mol. The second-order valence-corrected chi connectivity index (χ2v) is 5.97. The molecule has 0 saturated carbocycles. The summed E-state index contributed by atoms with van der Waals surface area (Å²) < 4.78 is 15.2. The Bertz CT molecular complexity index is 953. The third-order valence-corrected chi connectivity index (χ3v) is 4.25. The lowest BCUT2D eigenvalue weighted by Crippen LogP contribution is -2.38. The van der Waals surface area contributed by atoms with Crippen LogP contribution in [-0.2, 0) is 0 Å².